The molecule has 0 saturated carbocycles. The number of methoxy groups -OCH3 is 1. The van der Waals surface area contributed by atoms with E-state index in [1.165, 1.54) is 0 Å². The quantitative estimate of drug-likeness (QED) is 0.885. The van der Waals surface area contributed by atoms with Crippen LogP contribution in [0.2, 0.25) is 5.02 Å². The number of aromatic nitrogens is 2. The summed E-state index contributed by atoms with van der Waals surface area (Å²) in [5, 5.41) is 14.2. The topological polar surface area (TPSA) is 47.0 Å². The molecule has 0 aliphatic carbocycles. The van der Waals surface area contributed by atoms with Crippen LogP contribution in [0.1, 0.15) is 18.9 Å². The third kappa shape index (κ3) is 3.91. The Labute approximate surface area is 128 Å². The number of nitrogens with zero attached hydrogens (tertiary/aromatic N) is 2. The van der Waals surface area contributed by atoms with Crippen molar-refractivity contribution in [2.24, 2.45) is 5.92 Å². The highest BCUT2D eigenvalue weighted by molar-refractivity contribution is 7.14. The number of nitrogens with one attached hydrogen (secondary N) is 1. The van der Waals surface area contributed by atoms with E-state index in [0.29, 0.717) is 10.9 Å². The molecular formula is C14H18ClN3OS. The van der Waals surface area contributed by atoms with Crippen LogP contribution in [0.5, 0.6) is 5.75 Å². The predicted molar refractivity (Wildman–Crippen MR) is 83.5 cm³/mol. The van der Waals surface area contributed by atoms with Gasteiger partial charge in [-0.3, -0.25) is 0 Å². The largest absolute Gasteiger partial charge is 0.496 e. The third-order valence-corrected chi connectivity index (χ3v) is 3.88. The van der Waals surface area contributed by atoms with Gasteiger partial charge in [-0.2, -0.15) is 0 Å². The molecule has 1 aromatic carbocycles. The second-order valence-electron chi connectivity index (χ2n) is 4.87. The smallest absolute Gasteiger partial charge is 0.151 e. The van der Waals surface area contributed by atoms with Crippen molar-refractivity contribution < 1.29 is 4.74 Å². The standard InChI is InChI=1S/C14H18ClN3OS/c1-9(2)7-16-8-13-17-18-14(20-13)11-6-10(15)4-5-12(11)19-3/h4-6,9,16H,7-8H2,1-3H3. The highest BCUT2D eigenvalue weighted by atomic mass is 35.5. The minimum Gasteiger partial charge on any atom is -0.496 e. The summed E-state index contributed by atoms with van der Waals surface area (Å²) in [4.78, 5) is 0. The molecule has 2 rings (SSSR count). The molecule has 0 amide bonds. The van der Waals surface area contributed by atoms with Crippen molar-refractivity contribution in [3.05, 3.63) is 28.2 Å². The number of benzene rings is 1. The van der Waals surface area contributed by atoms with Crippen LogP contribution in [-0.4, -0.2) is 23.9 Å². The van der Waals surface area contributed by atoms with E-state index in [-0.39, 0.29) is 0 Å². The first-order valence-electron chi connectivity index (χ1n) is 6.47. The summed E-state index contributed by atoms with van der Waals surface area (Å²) >= 11 is 7.59. The molecule has 0 spiro atoms. The average molecular weight is 312 g/mol. The Morgan fingerprint density at radius 2 is 2.15 bits per heavy atom. The summed E-state index contributed by atoms with van der Waals surface area (Å²) in [5.41, 5.74) is 0.882. The summed E-state index contributed by atoms with van der Waals surface area (Å²) in [7, 11) is 1.64. The molecule has 0 fully saturated rings. The van der Waals surface area contributed by atoms with Crippen LogP contribution >= 0.6 is 22.9 Å². The summed E-state index contributed by atoms with van der Waals surface area (Å²) in [6.07, 6.45) is 0. The van der Waals surface area contributed by atoms with E-state index in [0.717, 1.165) is 34.4 Å². The van der Waals surface area contributed by atoms with E-state index >= 15 is 0 Å². The van der Waals surface area contributed by atoms with Gasteiger partial charge in [0.25, 0.3) is 0 Å². The van der Waals surface area contributed by atoms with Gasteiger partial charge in [-0.25, -0.2) is 0 Å². The summed E-state index contributed by atoms with van der Waals surface area (Å²) < 4.78 is 5.34. The monoisotopic (exact) mass is 311 g/mol. The number of hydrogen-bond donors (Lipinski definition) is 1. The maximum Gasteiger partial charge on any atom is 0.151 e. The molecule has 6 heteroatoms. The van der Waals surface area contributed by atoms with Crippen LogP contribution in [0.4, 0.5) is 0 Å². The highest BCUT2D eigenvalue weighted by Crippen LogP contribution is 2.34. The van der Waals surface area contributed by atoms with Gasteiger partial charge in [-0.1, -0.05) is 36.8 Å². The van der Waals surface area contributed by atoms with Crippen molar-refractivity contribution in [2.75, 3.05) is 13.7 Å². The molecule has 0 unspecified atom stereocenters. The van der Waals surface area contributed by atoms with Crippen LogP contribution in [0.25, 0.3) is 10.6 Å². The van der Waals surface area contributed by atoms with E-state index in [1.807, 2.05) is 12.1 Å². The lowest BCUT2D eigenvalue weighted by Gasteiger charge is -2.05. The molecule has 1 aromatic heterocycles. The van der Waals surface area contributed by atoms with Crippen LogP contribution < -0.4 is 10.1 Å². The van der Waals surface area contributed by atoms with Crippen LogP contribution in [0, 0.1) is 5.92 Å². The fourth-order valence-corrected chi connectivity index (χ4v) is 2.75. The fourth-order valence-electron chi connectivity index (χ4n) is 1.75. The molecule has 108 valence electrons. The molecule has 0 saturated heterocycles. The van der Waals surface area contributed by atoms with Crippen molar-refractivity contribution >= 4 is 22.9 Å². The molecule has 1 N–H and O–H groups in total. The number of rotatable bonds is 6. The average Bonchev–Trinajstić information content (AvgIpc) is 2.87. The molecule has 20 heavy (non-hydrogen) atoms. The van der Waals surface area contributed by atoms with Crippen LogP contribution in [0.15, 0.2) is 18.2 Å². The highest BCUT2D eigenvalue weighted by Gasteiger charge is 2.12. The van der Waals surface area contributed by atoms with Crippen molar-refractivity contribution in [1.82, 2.24) is 15.5 Å². The summed E-state index contributed by atoms with van der Waals surface area (Å²) in [6.45, 7) is 6.05. The van der Waals surface area contributed by atoms with Gasteiger partial charge in [0.1, 0.15) is 10.8 Å². The molecule has 0 radical (unpaired) electrons. The number of halogens is 1. The maximum absolute atomic E-state index is 6.04. The number of ether oxygens (including phenoxy) is 1. The van der Waals surface area contributed by atoms with Gasteiger partial charge < -0.3 is 10.1 Å². The minimum atomic E-state index is 0.621. The van der Waals surface area contributed by atoms with Gasteiger partial charge in [0, 0.05) is 11.6 Å². The fraction of sp³-hybridized carbons (Fsp3) is 0.429. The lowest BCUT2D eigenvalue weighted by atomic mass is 10.2. The van der Waals surface area contributed by atoms with E-state index in [4.69, 9.17) is 16.3 Å². The van der Waals surface area contributed by atoms with Gasteiger partial charge in [-0.05, 0) is 30.7 Å². The Bertz CT molecular complexity index is 571. The van der Waals surface area contributed by atoms with Crippen molar-refractivity contribution in [2.45, 2.75) is 20.4 Å². The van der Waals surface area contributed by atoms with E-state index in [1.54, 1.807) is 24.5 Å². The van der Waals surface area contributed by atoms with Gasteiger partial charge in [0.05, 0.1) is 12.7 Å². The zero-order chi connectivity index (χ0) is 14.5. The van der Waals surface area contributed by atoms with Crippen LogP contribution in [-0.2, 0) is 6.54 Å². The minimum absolute atomic E-state index is 0.621. The Kier molecular flexibility index (Phi) is 5.34. The summed E-state index contributed by atoms with van der Waals surface area (Å²) in [6, 6.07) is 5.50. The first-order chi connectivity index (χ1) is 9.60. The molecule has 2 aromatic rings. The normalized spacial score (nSPS) is 11.1. The van der Waals surface area contributed by atoms with Crippen LogP contribution in [0.3, 0.4) is 0 Å². The van der Waals surface area contributed by atoms with Gasteiger partial charge in [0.15, 0.2) is 5.01 Å². The Morgan fingerprint density at radius 3 is 2.85 bits per heavy atom. The molecule has 4 nitrogen and oxygen atoms in total. The first-order valence-corrected chi connectivity index (χ1v) is 7.66. The predicted octanol–water partition coefficient (Wildman–Crippen LogP) is 3.61. The third-order valence-electron chi connectivity index (χ3n) is 2.69. The van der Waals surface area contributed by atoms with Gasteiger partial charge in [-0.15, -0.1) is 10.2 Å². The molecule has 1 heterocycles. The Balaban J connectivity index is 2.14. The van der Waals surface area contributed by atoms with Gasteiger partial charge >= 0.3 is 0 Å². The molecule has 0 bridgehead atoms. The summed E-state index contributed by atoms with van der Waals surface area (Å²) in [5.74, 6) is 1.38. The van der Waals surface area contributed by atoms with Crippen molar-refractivity contribution in [3.63, 3.8) is 0 Å². The Morgan fingerprint density at radius 1 is 1.35 bits per heavy atom. The lowest BCUT2D eigenvalue weighted by Crippen LogP contribution is -2.18. The zero-order valence-electron chi connectivity index (χ0n) is 11.8. The SMILES string of the molecule is COc1ccc(Cl)cc1-c1nnc(CNCC(C)C)s1. The zero-order valence-corrected chi connectivity index (χ0v) is 13.4. The molecule has 0 aliphatic rings. The first kappa shape index (κ1) is 15.2. The molecular weight excluding hydrogens is 294 g/mol. The van der Waals surface area contributed by atoms with E-state index < -0.39 is 0 Å². The van der Waals surface area contributed by atoms with E-state index in [9.17, 15) is 0 Å². The van der Waals surface area contributed by atoms with Crippen molar-refractivity contribution in [1.29, 1.82) is 0 Å². The molecule has 0 aliphatic heterocycles. The second-order valence-corrected chi connectivity index (χ2v) is 6.37. The lowest BCUT2D eigenvalue weighted by molar-refractivity contribution is 0.416. The Hall–Kier alpha value is -1.17. The van der Waals surface area contributed by atoms with Crippen molar-refractivity contribution in [3.8, 4) is 16.3 Å². The van der Waals surface area contributed by atoms with Gasteiger partial charge in [0.2, 0.25) is 0 Å². The molecule has 0 atom stereocenters. The van der Waals surface area contributed by atoms with E-state index in [2.05, 4.69) is 29.4 Å². The maximum atomic E-state index is 6.04. The number of hydrogen-bond acceptors (Lipinski definition) is 5. The second kappa shape index (κ2) is 7.02.